The number of nitrogens with zero attached hydrogens (tertiary/aromatic N) is 1. The van der Waals surface area contributed by atoms with Crippen LogP contribution in [0.5, 0.6) is 5.75 Å². The van der Waals surface area contributed by atoms with E-state index in [2.05, 4.69) is 0 Å². The number of hydrogen-bond donors (Lipinski definition) is 3. The Bertz CT molecular complexity index is 516. The van der Waals surface area contributed by atoms with Crippen molar-refractivity contribution >= 4 is 5.69 Å². The van der Waals surface area contributed by atoms with Crippen LogP contribution in [0, 0.1) is 0 Å². The second kappa shape index (κ2) is 6.93. The fourth-order valence-corrected chi connectivity index (χ4v) is 2.13. The highest BCUT2D eigenvalue weighted by Gasteiger charge is 2.05. The molecule has 0 aliphatic rings. The largest absolute Gasteiger partial charge is 0.508 e. The van der Waals surface area contributed by atoms with Gasteiger partial charge in [0, 0.05) is 18.8 Å². The van der Waals surface area contributed by atoms with Crippen LogP contribution in [0.15, 0.2) is 48.5 Å². The van der Waals surface area contributed by atoms with Gasteiger partial charge >= 0.3 is 0 Å². The van der Waals surface area contributed by atoms with Gasteiger partial charge in [0.15, 0.2) is 0 Å². The van der Waals surface area contributed by atoms with E-state index in [9.17, 15) is 5.11 Å². The molecular formula is C16H19NO3. The summed E-state index contributed by atoms with van der Waals surface area (Å²) in [5.41, 5.74) is 3.06. The quantitative estimate of drug-likeness (QED) is 0.751. The number of aliphatic hydroxyl groups excluding tert-OH is 2. The zero-order chi connectivity index (χ0) is 14.4. The second-order valence-corrected chi connectivity index (χ2v) is 4.53. The van der Waals surface area contributed by atoms with Crippen molar-refractivity contribution in [1.82, 2.24) is 0 Å². The normalized spacial score (nSPS) is 10.5. The first-order valence-electron chi connectivity index (χ1n) is 6.60. The van der Waals surface area contributed by atoms with Crippen molar-refractivity contribution in [1.29, 1.82) is 0 Å². The molecule has 0 amide bonds. The first-order chi connectivity index (χ1) is 9.74. The summed E-state index contributed by atoms with van der Waals surface area (Å²) >= 11 is 0. The van der Waals surface area contributed by atoms with E-state index < -0.39 is 0 Å². The molecule has 4 heteroatoms. The Labute approximate surface area is 118 Å². The minimum absolute atomic E-state index is 0.0553. The van der Waals surface area contributed by atoms with Gasteiger partial charge in [0.1, 0.15) is 5.75 Å². The van der Waals surface area contributed by atoms with E-state index in [1.165, 1.54) is 0 Å². The molecule has 2 aromatic carbocycles. The second-order valence-electron chi connectivity index (χ2n) is 4.53. The molecule has 0 unspecified atom stereocenters. The summed E-state index contributed by atoms with van der Waals surface area (Å²) in [7, 11) is 0. The van der Waals surface area contributed by atoms with E-state index in [4.69, 9.17) is 10.2 Å². The van der Waals surface area contributed by atoms with Crippen molar-refractivity contribution in [2.75, 3.05) is 31.2 Å². The summed E-state index contributed by atoms with van der Waals surface area (Å²) in [6.45, 7) is 1.11. The molecule has 106 valence electrons. The van der Waals surface area contributed by atoms with Gasteiger partial charge in [-0.05, 0) is 35.4 Å². The van der Waals surface area contributed by atoms with Crippen molar-refractivity contribution in [3.05, 3.63) is 48.5 Å². The predicted octanol–water partition coefficient (Wildman–Crippen LogP) is 1.85. The highest BCUT2D eigenvalue weighted by molar-refractivity contribution is 5.66. The number of anilines is 1. The molecule has 0 aliphatic heterocycles. The molecule has 4 nitrogen and oxygen atoms in total. The van der Waals surface area contributed by atoms with Gasteiger partial charge in [0.05, 0.1) is 13.2 Å². The Morgan fingerprint density at radius 3 is 1.60 bits per heavy atom. The molecule has 20 heavy (non-hydrogen) atoms. The lowest BCUT2D eigenvalue weighted by atomic mass is 10.1. The SMILES string of the molecule is OCCN(CCO)c1ccc(-c2ccc(O)cc2)cc1. The van der Waals surface area contributed by atoms with E-state index in [1.807, 2.05) is 41.3 Å². The van der Waals surface area contributed by atoms with Crippen LogP contribution in [-0.2, 0) is 0 Å². The monoisotopic (exact) mass is 273 g/mol. The standard InChI is InChI=1S/C16H19NO3/c18-11-9-17(10-12-19)15-5-1-13(2-6-15)14-3-7-16(20)8-4-14/h1-8,18-20H,9-12H2. The Morgan fingerprint density at radius 1 is 0.700 bits per heavy atom. The van der Waals surface area contributed by atoms with Crippen molar-refractivity contribution < 1.29 is 15.3 Å². The maximum Gasteiger partial charge on any atom is 0.115 e. The van der Waals surface area contributed by atoms with Crippen molar-refractivity contribution in [3.63, 3.8) is 0 Å². The van der Waals surface area contributed by atoms with E-state index >= 15 is 0 Å². The minimum atomic E-state index is 0.0553. The summed E-state index contributed by atoms with van der Waals surface area (Å²) in [4.78, 5) is 1.93. The highest BCUT2D eigenvalue weighted by Crippen LogP contribution is 2.24. The third-order valence-electron chi connectivity index (χ3n) is 3.17. The molecule has 0 atom stereocenters. The molecule has 0 saturated heterocycles. The van der Waals surface area contributed by atoms with Crippen LogP contribution in [0.3, 0.4) is 0 Å². The Kier molecular flexibility index (Phi) is 4.98. The third-order valence-corrected chi connectivity index (χ3v) is 3.17. The van der Waals surface area contributed by atoms with Crippen LogP contribution in [0.25, 0.3) is 11.1 Å². The van der Waals surface area contributed by atoms with Crippen LogP contribution in [0.2, 0.25) is 0 Å². The van der Waals surface area contributed by atoms with E-state index in [0.717, 1.165) is 16.8 Å². The fourth-order valence-electron chi connectivity index (χ4n) is 2.13. The zero-order valence-corrected chi connectivity index (χ0v) is 11.2. The third kappa shape index (κ3) is 3.50. The van der Waals surface area contributed by atoms with Crippen LogP contribution in [0.4, 0.5) is 5.69 Å². The smallest absolute Gasteiger partial charge is 0.115 e. The summed E-state index contributed by atoms with van der Waals surface area (Å²) in [5, 5.41) is 27.4. The number of benzene rings is 2. The lowest BCUT2D eigenvalue weighted by Crippen LogP contribution is -2.29. The Balaban J connectivity index is 2.18. The maximum absolute atomic E-state index is 9.28. The van der Waals surface area contributed by atoms with Crippen molar-refractivity contribution in [2.24, 2.45) is 0 Å². The van der Waals surface area contributed by atoms with Crippen LogP contribution >= 0.6 is 0 Å². The fraction of sp³-hybridized carbons (Fsp3) is 0.250. The number of rotatable bonds is 6. The predicted molar refractivity (Wildman–Crippen MR) is 79.9 cm³/mol. The van der Waals surface area contributed by atoms with E-state index in [0.29, 0.717) is 13.1 Å². The topological polar surface area (TPSA) is 63.9 Å². The molecule has 0 heterocycles. The van der Waals surface area contributed by atoms with Gasteiger partial charge in [-0.1, -0.05) is 24.3 Å². The van der Waals surface area contributed by atoms with Crippen LogP contribution in [-0.4, -0.2) is 41.6 Å². The Hall–Kier alpha value is -2.04. The summed E-state index contributed by atoms with van der Waals surface area (Å²) in [5.74, 6) is 0.252. The number of aromatic hydroxyl groups is 1. The van der Waals surface area contributed by atoms with Gasteiger partial charge in [0.25, 0.3) is 0 Å². The van der Waals surface area contributed by atoms with Crippen molar-refractivity contribution in [2.45, 2.75) is 0 Å². The molecule has 2 rings (SSSR count). The van der Waals surface area contributed by atoms with E-state index in [1.54, 1.807) is 12.1 Å². The van der Waals surface area contributed by atoms with Gasteiger partial charge in [-0.3, -0.25) is 0 Å². The number of hydrogen-bond acceptors (Lipinski definition) is 4. The number of phenols is 1. The Morgan fingerprint density at radius 2 is 1.15 bits per heavy atom. The van der Waals surface area contributed by atoms with Crippen LogP contribution in [0.1, 0.15) is 0 Å². The van der Waals surface area contributed by atoms with Gasteiger partial charge in [-0.25, -0.2) is 0 Å². The number of phenolic OH excluding ortho intramolecular Hbond substituents is 1. The molecule has 0 spiro atoms. The average Bonchev–Trinajstić information content (AvgIpc) is 2.48. The lowest BCUT2D eigenvalue weighted by Gasteiger charge is -2.23. The minimum Gasteiger partial charge on any atom is -0.508 e. The lowest BCUT2D eigenvalue weighted by molar-refractivity contribution is 0.281. The molecule has 0 aliphatic carbocycles. The molecule has 3 N–H and O–H groups in total. The van der Waals surface area contributed by atoms with Crippen molar-refractivity contribution in [3.8, 4) is 16.9 Å². The molecule has 2 aromatic rings. The molecule has 0 saturated carbocycles. The first kappa shape index (κ1) is 14.4. The van der Waals surface area contributed by atoms with Gasteiger partial charge in [-0.15, -0.1) is 0 Å². The molecular weight excluding hydrogens is 254 g/mol. The molecule has 0 radical (unpaired) electrons. The summed E-state index contributed by atoms with van der Waals surface area (Å²) in [6.07, 6.45) is 0. The summed E-state index contributed by atoms with van der Waals surface area (Å²) < 4.78 is 0. The maximum atomic E-state index is 9.28. The van der Waals surface area contributed by atoms with Gasteiger partial charge < -0.3 is 20.2 Å². The zero-order valence-electron chi connectivity index (χ0n) is 11.2. The highest BCUT2D eigenvalue weighted by atomic mass is 16.3. The molecule has 0 aromatic heterocycles. The van der Waals surface area contributed by atoms with Gasteiger partial charge in [0.2, 0.25) is 0 Å². The van der Waals surface area contributed by atoms with E-state index in [-0.39, 0.29) is 19.0 Å². The summed E-state index contributed by atoms with van der Waals surface area (Å²) in [6, 6.07) is 15.0. The molecule has 0 fully saturated rings. The number of aliphatic hydroxyl groups is 2. The first-order valence-corrected chi connectivity index (χ1v) is 6.60. The average molecular weight is 273 g/mol. The molecule has 0 bridgehead atoms. The van der Waals surface area contributed by atoms with Gasteiger partial charge in [-0.2, -0.15) is 0 Å². The van der Waals surface area contributed by atoms with Crippen LogP contribution < -0.4 is 4.90 Å².